The van der Waals surface area contributed by atoms with Crippen molar-refractivity contribution in [1.82, 2.24) is 9.97 Å². The van der Waals surface area contributed by atoms with Crippen molar-refractivity contribution in [3.05, 3.63) is 48.5 Å². The van der Waals surface area contributed by atoms with Gasteiger partial charge in [-0.3, -0.25) is 0 Å². The van der Waals surface area contributed by atoms with Crippen molar-refractivity contribution in [2.45, 2.75) is 44.6 Å². The third-order valence-corrected chi connectivity index (χ3v) is 4.39. The molecule has 1 radical (unpaired) electrons. The molecule has 1 saturated carbocycles. The van der Waals surface area contributed by atoms with Crippen molar-refractivity contribution in [2.24, 2.45) is 5.92 Å². The number of benzene rings is 1. The van der Waals surface area contributed by atoms with Gasteiger partial charge < -0.3 is 9.72 Å². The normalized spacial score (nSPS) is 19.4. The van der Waals surface area contributed by atoms with Crippen LogP contribution >= 0.6 is 0 Å². The van der Waals surface area contributed by atoms with Gasteiger partial charge in [0.2, 0.25) is 0 Å². The molecule has 105 valence electrons. The van der Waals surface area contributed by atoms with Crippen LogP contribution in [0.4, 0.5) is 0 Å². The van der Waals surface area contributed by atoms with E-state index in [2.05, 4.69) is 23.0 Å². The quantitative estimate of drug-likeness (QED) is 0.908. The van der Waals surface area contributed by atoms with E-state index in [-0.39, 0.29) is 5.60 Å². The Hall–Kier alpha value is -1.77. The van der Waals surface area contributed by atoms with Crippen LogP contribution in [0.3, 0.4) is 0 Å². The largest absolute Gasteiger partial charge is 0.480 e. The molecule has 0 aliphatic heterocycles. The fourth-order valence-corrected chi connectivity index (χ4v) is 3.20. The van der Waals surface area contributed by atoms with Gasteiger partial charge in [-0.25, -0.2) is 4.98 Å². The maximum Gasteiger partial charge on any atom is 0.152 e. The number of hydrogen-bond donors (Lipinski definition) is 1. The lowest BCUT2D eigenvalue weighted by atomic mass is 9.76. The van der Waals surface area contributed by atoms with Gasteiger partial charge in [-0.1, -0.05) is 37.5 Å². The van der Waals surface area contributed by atoms with Crippen LogP contribution in [0.25, 0.3) is 0 Å². The fraction of sp³-hybridized carbons (Fsp3) is 0.471. The predicted molar refractivity (Wildman–Crippen MR) is 78.4 cm³/mol. The van der Waals surface area contributed by atoms with Crippen LogP contribution in [0.1, 0.15) is 44.7 Å². The maximum absolute atomic E-state index is 6.35. The van der Waals surface area contributed by atoms with E-state index in [1.54, 1.807) is 6.33 Å². The summed E-state index contributed by atoms with van der Waals surface area (Å²) >= 11 is 0. The smallest absolute Gasteiger partial charge is 0.152 e. The molecule has 3 nitrogen and oxygen atoms in total. The summed E-state index contributed by atoms with van der Waals surface area (Å²) in [6.45, 7) is 2.17. The van der Waals surface area contributed by atoms with E-state index >= 15 is 0 Å². The molecule has 3 heteroatoms. The van der Waals surface area contributed by atoms with Crippen LogP contribution < -0.4 is 4.74 Å². The van der Waals surface area contributed by atoms with Crippen molar-refractivity contribution in [1.29, 1.82) is 0 Å². The second-order valence-corrected chi connectivity index (χ2v) is 5.73. The van der Waals surface area contributed by atoms with E-state index < -0.39 is 0 Å². The molecule has 20 heavy (non-hydrogen) atoms. The average molecular weight is 269 g/mol. The van der Waals surface area contributed by atoms with Crippen molar-refractivity contribution in [3.63, 3.8) is 0 Å². The average Bonchev–Trinajstić information content (AvgIpc) is 3.04. The van der Waals surface area contributed by atoms with Gasteiger partial charge in [-0.05, 0) is 25.8 Å². The van der Waals surface area contributed by atoms with E-state index in [4.69, 9.17) is 4.74 Å². The van der Waals surface area contributed by atoms with E-state index in [1.807, 2.05) is 30.5 Å². The number of aromatic amines is 1. The number of para-hydroxylation sites is 1. The highest BCUT2D eigenvalue weighted by Gasteiger charge is 2.40. The Labute approximate surface area is 120 Å². The molecule has 1 aliphatic carbocycles. The first kappa shape index (κ1) is 13.2. The summed E-state index contributed by atoms with van der Waals surface area (Å²) in [5.74, 6) is 1.30. The second kappa shape index (κ2) is 5.70. The topological polar surface area (TPSA) is 37.9 Å². The van der Waals surface area contributed by atoms with Gasteiger partial charge in [0.15, 0.2) is 5.60 Å². The zero-order valence-corrected chi connectivity index (χ0v) is 11.9. The first-order valence-electron chi connectivity index (χ1n) is 7.44. The Morgan fingerprint density at radius 3 is 2.80 bits per heavy atom. The van der Waals surface area contributed by atoms with Crippen LogP contribution in [0, 0.1) is 12.0 Å². The molecule has 1 aromatic heterocycles. The van der Waals surface area contributed by atoms with Gasteiger partial charge >= 0.3 is 0 Å². The van der Waals surface area contributed by atoms with Gasteiger partial charge in [0, 0.05) is 18.2 Å². The lowest BCUT2D eigenvalue weighted by Crippen LogP contribution is -2.39. The van der Waals surface area contributed by atoms with E-state index in [0.717, 1.165) is 11.4 Å². The van der Waals surface area contributed by atoms with Crippen LogP contribution in [0.2, 0.25) is 0 Å². The highest BCUT2D eigenvalue weighted by molar-refractivity contribution is 5.23. The predicted octanol–water partition coefficient (Wildman–Crippen LogP) is 4.08. The molecule has 1 atom stereocenters. The molecule has 1 N–H and O–H groups in total. The summed E-state index contributed by atoms with van der Waals surface area (Å²) in [6.07, 6.45) is 10.0. The zero-order chi connectivity index (χ0) is 13.8. The van der Waals surface area contributed by atoms with Crippen LogP contribution in [0.15, 0.2) is 36.8 Å². The summed E-state index contributed by atoms with van der Waals surface area (Å²) in [6, 6.07) is 11.0. The number of rotatable bonds is 4. The van der Waals surface area contributed by atoms with Gasteiger partial charge in [-0.2, -0.15) is 0 Å². The van der Waals surface area contributed by atoms with Crippen LogP contribution in [-0.2, 0) is 5.60 Å². The Kier molecular flexibility index (Phi) is 3.77. The first-order valence-corrected chi connectivity index (χ1v) is 7.44. The number of hydrogen-bond acceptors (Lipinski definition) is 2. The lowest BCUT2D eigenvalue weighted by molar-refractivity contribution is 0.0000837. The highest BCUT2D eigenvalue weighted by atomic mass is 16.5. The van der Waals surface area contributed by atoms with Gasteiger partial charge in [-0.15, -0.1) is 0 Å². The first-order chi connectivity index (χ1) is 9.79. The van der Waals surface area contributed by atoms with E-state index in [1.165, 1.54) is 32.1 Å². The number of imidazole rings is 1. The van der Waals surface area contributed by atoms with Crippen molar-refractivity contribution < 1.29 is 4.74 Å². The molecule has 0 spiro atoms. The molecule has 2 aromatic rings. The third kappa shape index (κ3) is 2.58. The summed E-state index contributed by atoms with van der Waals surface area (Å²) in [4.78, 5) is 7.52. The Morgan fingerprint density at radius 2 is 2.15 bits per heavy atom. The van der Waals surface area contributed by atoms with Crippen molar-refractivity contribution in [2.75, 3.05) is 0 Å². The SMILES string of the molecule is CC(Oc1[c]cccc1)(c1c[nH]cn1)C1CCCCC1. The molecule has 1 aliphatic rings. The second-order valence-electron chi connectivity index (χ2n) is 5.73. The highest BCUT2D eigenvalue weighted by Crippen LogP contribution is 2.41. The van der Waals surface area contributed by atoms with Gasteiger partial charge in [0.25, 0.3) is 0 Å². The molecular formula is C17H21N2O. The molecule has 1 unspecified atom stereocenters. The summed E-state index contributed by atoms with van der Waals surface area (Å²) in [5.41, 5.74) is 0.611. The Morgan fingerprint density at radius 1 is 1.30 bits per heavy atom. The summed E-state index contributed by atoms with van der Waals surface area (Å²) < 4.78 is 6.35. The molecule has 1 aromatic carbocycles. The molecule has 0 bridgehead atoms. The van der Waals surface area contributed by atoms with Gasteiger partial charge in [0.05, 0.1) is 6.33 Å². The number of aromatic nitrogens is 2. The fourth-order valence-electron chi connectivity index (χ4n) is 3.20. The van der Waals surface area contributed by atoms with Crippen LogP contribution in [0.5, 0.6) is 5.75 Å². The van der Waals surface area contributed by atoms with Crippen LogP contribution in [-0.4, -0.2) is 9.97 Å². The molecule has 1 heterocycles. The molecule has 1 fully saturated rings. The van der Waals surface area contributed by atoms with Crippen molar-refractivity contribution >= 4 is 0 Å². The molecular weight excluding hydrogens is 248 g/mol. The monoisotopic (exact) mass is 269 g/mol. The number of nitrogens with one attached hydrogen (secondary N) is 1. The zero-order valence-electron chi connectivity index (χ0n) is 11.9. The Bertz CT molecular complexity index is 517. The minimum atomic E-state index is -0.377. The number of ether oxygens (including phenoxy) is 1. The Balaban J connectivity index is 1.90. The van der Waals surface area contributed by atoms with E-state index in [0.29, 0.717) is 5.92 Å². The number of nitrogens with zero attached hydrogens (tertiary/aromatic N) is 1. The lowest BCUT2D eigenvalue weighted by Gasteiger charge is -2.39. The molecule has 0 saturated heterocycles. The van der Waals surface area contributed by atoms with E-state index in [9.17, 15) is 0 Å². The van der Waals surface area contributed by atoms with Crippen molar-refractivity contribution in [3.8, 4) is 5.75 Å². The molecule has 3 rings (SSSR count). The maximum atomic E-state index is 6.35. The standard InChI is InChI=1S/C17H21N2O/c1-17(16-12-18-13-19-16,14-8-4-2-5-9-14)20-15-10-6-3-7-11-15/h3,6-7,10,12-14H,2,4-5,8-9H2,1H3,(H,18,19). The third-order valence-electron chi connectivity index (χ3n) is 4.39. The summed E-state index contributed by atoms with van der Waals surface area (Å²) in [5, 5.41) is 0. The number of H-pyrrole nitrogens is 1. The summed E-state index contributed by atoms with van der Waals surface area (Å²) in [7, 11) is 0. The minimum Gasteiger partial charge on any atom is -0.480 e. The van der Waals surface area contributed by atoms with Gasteiger partial charge in [0.1, 0.15) is 11.4 Å². The minimum absolute atomic E-state index is 0.377. The molecule has 0 amide bonds.